The minimum atomic E-state index is -0.492. The summed E-state index contributed by atoms with van der Waals surface area (Å²) >= 11 is 0. The average molecular weight is 280 g/mol. The highest BCUT2D eigenvalue weighted by atomic mass is 16.6. The normalized spacial score (nSPS) is 10.4. The lowest BCUT2D eigenvalue weighted by Gasteiger charge is -2.09. The van der Waals surface area contributed by atoms with Crippen LogP contribution in [0.1, 0.15) is 26.0 Å². The van der Waals surface area contributed by atoms with Crippen molar-refractivity contribution in [3.63, 3.8) is 0 Å². The number of carbonyl (C=O) groups excluding carboxylic acids is 1. The van der Waals surface area contributed by atoms with Crippen molar-refractivity contribution in [1.29, 1.82) is 0 Å². The molecule has 1 heterocycles. The molecule has 20 heavy (non-hydrogen) atoms. The Hall–Kier alpha value is -2.18. The van der Waals surface area contributed by atoms with Gasteiger partial charge in [-0.1, -0.05) is 13.8 Å². The molecule has 0 aliphatic heterocycles. The number of nitro groups is 1. The van der Waals surface area contributed by atoms with E-state index in [9.17, 15) is 14.9 Å². The van der Waals surface area contributed by atoms with Gasteiger partial charge < -0.3 is 10.6 Å². The van der Waals surface area contributed by atoms with E-state index in [1.807, 2.05) is 13.8 Å². The molecular weight excluding hydrogens is 260 g/mol. The Morgan fingerprint density at radius 3 is 2.75 bits per heavy atom. The van der Waals surface area contributed by atoms with Gasteiger partial charge in [-0.05, 0) is 18.9 Å². The maximum absolute atomic E-state index is 11.5. The Balaban J connectivity index is 2.51. The van der Waals surface area contributed by atoms with Crippen LogP contribution in [0, 0.1) is 23.0 Å². The van der Waals surface area contributed by atoms with Crippen molar-refractivity contribution in [1.82, 2.24) is 10.3 Å². The van der Waals surface area contributed by atoms with Crippen molar-refractivity contribution < 1.29 is 9.72 Å². The summed E-state index contributed by atoms with van der Waals surface area (Å²) in [7, 11) is 0. The highest BCUT2D eigenvalue weighted by Crippen LogP contribution is 2.21. The van der Waals surface area contributed by atoms with E-state index in [1.165, 1.54) is 6.07 Å². The molecule has 1 aromatic rings. The monoisotopic (exact) mass is 280 g/mol. The molecule has 0 spiro atoms. The molecule has 1 aromatic heterocycles. The van der Waals surface area contributed by atoms with Crippen molar-refractivity contribution in [2.45, 2.75) is 27.2 Å². The van der Waals surface area contributed by atoms with Crippen molar-refractivity contribution in [2.75, 3.05) is 18.4 Å². The Bertz CT molecular complexity index is 489. The number of aromatic nitrogens is 1. The van der Waals surface area contributed by atoms with Crippen molar-refractivity contribution in [3.05, 3.63) is 27.9 Å². The molecule has 1 amide bonds. The van der Waals surface area contributed by atoms with E-state index in [2.05, 4.69) is 15.6 Å². The van der Waals surface area contributed by atoms with Crippen LogP contribution in [0.5, 0.6) is 0 Å². The van der Waals surface area contributed by atoms with Gasteiger partial charge in [-0.15, -0.1) is 0 Å². The number of nitrogens with one attached hydrogen (secondary N) is 2. The second kappa shape index (κ2) is 7.42. The fourth-order valence-corrected chi connectivity index (χ4v) is 1.53. The molecule has 0 aromatic carbocycles. The van der Waals surface area contributed by atoms with Gasteiger partial charge >= 0.3 is 5.69 Å². The van der Waals surface area contributed by atoms with E-state index in [0.717, 1.165) is 0 Å². The molecule has 0 bridgehead atoms. The average Bonchev–Trinajstić information content (AvgIpc) is 2.36. The van der Waals surface area contributed by atoms with Gasteiger partial charge in [0.15, 0.2) is 0 Å². The summed E-state index contributed by atoms with van der Waals surface area (Å²) in [6.07, 6.45) is 0.250. The third-order valence-electron chi connectivity index (χ3n) is 2.56. The quantitative estimate of drug-likeness (QED) is 0.587. The van der Waals surface area contributed by atoms with Crippen molar-refractivity contribution >= 4 is 17.4 Å². The summed E-state index contributed by atoms with van der Waals surface area (Å²) in [6.45, 7) is 6.71. The van der Waals surface area contributed by atoms with Gasteiger partial charge in [-0.3, -0.25) is 14.9 Å². The lowest BCUT2D eigenvalue weighted by atomic mass is 10.2. The van der Waals surface area contributed by atoms with Gasteiger partial charge in [0, 0.05) is 31.3 Å². The van der Waals surface area contributed by atoms with E-state index in [-0.39, 0.29) is 23.8 Å². The third kappa shape index (κ3) is 5.21. The lowest BCUT2D eigenvalue weighted by Crippen LogP contribution is -2.28. The third-order valence-corrected chi connectivity index (χ3v) is 2.56. The van der Waals surface area contributed by atoms with E-state index in [4.69, 9.17) is 0 Å². The summed E-state index contributed by atoms with van der Waals surface area (Å²) in [5.74, 6) is 0.514. The number of amides is 1. The highest BCUT2D eigenvalue weighted by molar-refractivity contribution is 5.76. The maximum Gasteiger partial charge on any atom is 0.311 e. The molecule has 0 aliphatic rings. The molecule has 7 heteroatoms. The number of hydrogen-bond acceptors (Lipinski definition) is 5. The highest BCUT2D eigenvalue weighted by Gasteiger charge is 2.15. The molecule has 0 aliphatic carbocycles. The fraction of sp³-hybridized carbons (Fsp3) is 0.538. The number of anilines is 1. The zero-order valence-electron chi connectivity index (χ0n) is 12.0. The summed E-state index contributed by atoms with van der Waals surface area (Å²) in [4.78, 5) is 26.0. The summed E-state index contributed by atoms with van der Waals surface area (Å²) in [5.41, 5.74) is 0.598. The van der Waals surface area contributed by atoms with E-state index in [0.29, 0.717) is 24.7 Å². The second-order valence-electron chi connectivity index (χ2n) is 4.95. The first-order valence-electron chi connectivity index (χ1n) is 6.52. The van der Waals surface area contributed by atoms with E-state index in [1.54, 1.807) is 13.0 Å². The van der Waals surface area contributed by atoms with Crippen molar-refractivity contribution in [3.8, 4) is 0 Å². The van der Waals surface area contributed by atoms with Crippen LogP contribution in [0.25, 0.3) is 0 Å². The molecule has 0 saturated carbocycles. The topological polar surface area (TPSA) is 97.2 Å². The summed E-state index contributed by atoms with van der Waals surface area (Å²) in [5, 5.41) is 16.5. The zero-order chi connectivity index (χ0) is 15.1. The van der Waals surface area contributed by atoms with Crippen LogP contribution in [-0.2, 0) is 4.79 Å². The first-order chi connectivity index (χ1) is 9.40. The van der Waals surface area contributed by atoms with E-state index < -0.39 is 4.92 Å². The molecular formula is C13H20N4O3. The van der Waals surface area contributed by atoms with Gasteiger partial charge in [0.1, 0.15) is 0 Å². The number of nitrogens with zero attached hydrogens (tertiary/aromatic N) is 2. The lowest BCUT2D eigenvalue weighted by molar-refractivity contribution is -0.384. The Morgan fingerprint density at radius 2 is 2.15 bits per heavy atom. The molecule has 0 atom stereocenters. The van der Waals surface area contributed by atoms with E-state index >= 15 is 0 Å². The Morgan fingerprint density at radius 1 is 1.45 bits per heavy atom. The van der Waals surface area contributed by atoms with Crippen LogP contribution in [0.15, 0.2) is 12.1 Å². The molecule has 0 unspecified atom stereocenters. The van der Waals surface area contributed by atoms with Gasteiger partial charge in [-0.2, -0.15) is 0 Å². The number of rotatable bonds is 7. The molecule has 7 nitrogen and oxygen atoms in total. The second-order valence-corrected chi connectivity index (χ2v) is 4.95. The number of aryl methyl sites for hydroxylation is 1. The predicted octanol–water partition coefficient (Wildman–Crippen LogP) is 1.87. The van der Waals surface area contributed by atoms with Crippen molar-refractivity contribution in [2.24, 2.45) is 5.92 Å². The van der Waals surface area contributed by atoms with Gasteiger partial charge in [0.25, 0.3) is 0 Å². The zero-order valence-corrected chi connectivity index (χ0v) is 12.0. The van der Waals surface area contributed by atoms with Gasteiger partial charge in [-0.25, -0.2) is 4.98 Å². The molecule has 0 fully saturated rings. The van der Waals surface area contributed by atoms with Crippen LogP contribution in [0.3, 0.4) is 0 Å². The largest absolute Gasteiger partial charge is 0.364 e. The van der Waals surface area contributed by atoms with Gasteiger partial charge in [0.2, 0.25) is 11.7 Å². The predicted molar refractivity (Wildman–Crippen MR) is 76.6 cm³/mol. The maximum atomic E-state index is 11.5. The molecule has 0 radical (unpaired) electrons. The van der Waals surface area contributed by atoms with Crippen LogP contribution in [0.2, 0.25) is 0 Å². The van der Waals surface area contributed by atoms with Crippen LogP contribution < -0.4 is 10.6 Å². The Labute approximate surface area is 117 Å². The number of pyridine rings is 1. The van der Waals surface area contributed by atoms with Crippen LogP contribution in [0.4, 0.5) is 11.5 Å². The smallest absolute Gasteiger partial charge is 0.311 e. The minimum Gasteiger partial charge on any atom is -0.364 e. The van der Waals surface area contributed by atoms with Gasteiger partial charge in [0.05, 0.1) is 4.92 Å². The first kappa shape index (κ1) is 15.9. The summed E-state index contributed by atoms with van der Waals surface area (Å²) < 4.78 is 0. The summed E-state index contributed by atoms with van der Waals surface area (Å²) in [6, 6.07) is 2.99. The first-order valence-corrected chi connectivity index (χ1v) is 6.52. The fourth-order valence-electron chi connectivity index (χ4n) is 1.53. The number of carbonyl (C=O) groups is 1. The molecule has 2 N–H and O–H groups in total. The minimum absolute atomic E-state index is 0.0819. The molecule has 1 rings (SSSR count). The van der Waals surface area contributed by atoms with Crippen LogP contribution >= 0.6 is 0 Å². The molecule has 0 saturated heterocycles. The Kier molecular flexibility index (Phi) is 5.89. The number of hydrogen-bond donors (Lipinski definition) is 2. The molecule has 110 valence electrons. The SMILES string of the molecule is Cc1ccc([N+](=O)[O-])c(NCCC(=O)NCC(C)C)n1. The van der Waals surface area contributed by atoms with Crippen LogP contribution in [-0.4, -0.2) is 28.9 Å². The standard InChI is InChI=1S/C13H20N4O3/c1-9(2)8-15-12(18)6-7-14-13-11(17(19)20)5-4-10(3)16-13/h4-5,9H,6-8H2,1-3H3,(H,14,16)(H,15,18).